The SMILES string of the molecule is CCN(C[C@H]1CC[C@H](C(=O)O)CC1)c1ccc(OC(F)(F)F)cc1CN(Cc1cc([N+](=O)[O-])cc(C(F)(F)F)c1)c1nnn(C)n1. The highest BCUT2D eigenvalue weighted by molar-refractivity contribution is 5.70. The summed E-state index contributed by atoms with van der Waals surface area (Å²) >= 11 is 0. The topological polar surface area (TPSA) is 140 Å². The molecule has 1 aliphatic rings. The maximum atomic E-state index is 13.6. The van der Waals surface area contributed by atoms with Gasteiger partial charge < -0.3 is 19.6 Å². The summed E-state index contributed by atoms with van der Waals surface area (Å²) in [7, 11) is 1.44. The largest absolute Gasteiger partial charge is 0.573 e. The molecular weight excluding hydrogens is 628 g/mol. The first-order chi connectivity index (χ1) is 21.5. The summed E-state index contributed by atoms with van der Waals surface area (Å²) in [5, 5.41) is 32.6. The van der Waals surface area contributed by atoms with Crippen molar-refractivity contribution in [2.75, 3.05) is 22.9 Å². The van der Waals surface area contributed by atoms with E-state index in [1.165, 1.54) is 18.0 Å². The molecule has 1 fully saturated rings. The van der Waals surface area contributed by atoms with Crippen molar-refractivity contribution in [1.29, 1.82) is 0 Å². The van der Waals surface area contributed by atoms with E-state index in [1.807, 2.05) is 11.8 Å². The van der Waals surface area contributed by atoms with Crippen LogP contribution in [0.1, 0.15) is 49.3 Å². The molecule has 0 bridgehead atoms. The van der Waals surface area contributed by atoms with E-state index >= 15 is 0 Å². The second kappa shape index (κ2) is 13.8. The summed E-state index contributed by atoms with van der Waals surface area (Å²) in [5.74, 6) is -1.80. The normalized spacial score (nSPS) is 17.0. The third kappa shape index (κ3) is 8.97. The van der Waals surface area contributed by atoms with E-state index in [1.54, 1.807) is 0 Å². The van der Waals surface area contributed by atoms with Crippen molar-refractivity contribution in [1.82, 2.24) is 20.2 Å². The number of hydrogen-bond acceptors (Lipinski definition) is 9. The molecule has 250 valence electrons. The third-order valence-corrected chi connectivity index (χ3v) is 7.71. The molecule has 0 radical (unpaired) electrons. The summed E-state index contributed by atoms with van der Waals surface area (Å²) in [6.45, 7) is 2.09. The number of ether oxygens (including phenoxy) is 1. The van der Waals surface area contributed by atoms with Crippen LogP contribution in [0.3, 0.4) is 0 Å². The second-order valence-electron chi connectivity index (χ2n) is 11.0. The fourth-order valence-corrected chi connectivity index (χ4v) is 5.55. The third-order valence-electron chi connectivity index (χ3n) is 7.71. The second-order valence-corrected chi connectivity index (χ2v) is 11.0. The molecule has 0 spiro atoms. The van der Waals surface area contributed by atoms with Crippen LogP contribution in [0.2, 0.25) is 0 Å². The van der Waals surface area contributed by atoms with Gasteiger partial charge in [-0.25, -0.2) is 0 Å². The first kappa shape index (κ1) is 34.2. The Morgan fingerprint density at radius 1 is 1.07 bits per heavy atom. The number of aliphatic carboxylic acids is 1. The predicted molar refractivity (Wildman–Crippen MR) is 151 cm³/mol. The van der Waals surface area contributed by atoms with Crippen molar-refractivity contribution in [2.45, 2.75) is 58.2 Å². The maximum absolute atomic E-state index is 13.6. The van der Waals surface area contributed by atoms with E-state index in [4.69, 9.17) is 0 Å². The Kier molecular flexibility index (Phi) is 10.3. The van der Waals surface area contributed by atoms with Gasteiger partial charge in [-0.3, -0.25) is 14.9 Å². The maximum Gasteiger partial charge on any atom is 0.573 e. The van der Waals surface area contributed by atoms with Gasteiger partial charge in [0.1, 0.15) is 5.75 Å². The molecule has 2 aromatic carbocycles. The van der Waals surface area contributed by atoms with Gasteiger partial charge in [0, 0.05) is 44.0 Å². The van der Waals surface area contributed by atoms with Crippen LogP contribution in [0.25, 0.3) is 0 Å². The van der Waals surface area contributed by atoms with Gasteiger partial charge in [0.25, 0.3) is 11.6 Å². The van der Waals surface area contributed by atoms with Gasteiger partial charge in [-0.2, -0.15) is 18.0 Å². The zero-order chi connectivity index (χ0) is 33.8. The van der Waals surface area contributed by atoms with E-state index in [9.17, 15) is 46.4 Å². The first-order valence-corrected chi connectivity index (χ1v) is 14.2. The van der Waals surface area contributed by atoms with Crippen LogP contribution in [0.15, 0.2) is 36.4 Å². The van der Waals surface area contributed by atoms with Gasteiger partial charge in [0.05, 0.1) is 23.5 Å². The van der Waals surface area contributed by atoms with Crippen LogP contribution in [0.5, 0.6) is 5.75 Å². The minimum atomic E-state index is -5.00. The monoisotopic (exact) mass is 659 g/mol. The molecule has 4 rings (SSSR count). The molecular formula is C28H31F6N7O5. The summed E-state index contributed by atoms with van der Waals surface area (Å²) < 4.78 is 84.6. The lowest BCUT2D eigenvalue weighted by Gasteiger charge is -2.34. The van der Waals surface area contributed by atoms with Crippen molar-refractivity contribution >= 4 is 23.3 Å². The lowest BCUT2D eigenvalue weighted by atomic mass is 9.81. The average molecular weight is 660 g/mol. The Morgan fingerprint density at radius 2 is 1.76 bits per heavy atom. The van der Waals surface area contributed by atoms with Crippen LogP contribution < -0.4 is 14.5 Å². The number of alkyl halides is 6. The highest BCUT2D eigenvalue weighted by atomic mass is 19.4. The highest BCUT2D eigenvalue weighted by Gasteiger charge is 2.34. The van der Waals surface area contributed by atoms with Crippen molar-refractivity contribution in [3.8, 4) is 5.75 Å². The van der Waals surface area contributed by atoms with Gasteiger partial charge >= 0.3 is 18.5 Å². The zero-order valence-electron chi connectivity index (χ0n) is 24.8. The van der Waals surface area contributed by atoms with E-state index in [-0.39, 0.29) is 29.5 Å². The summed E-state index contributed by atoms with van der Waals surface area (Å²) in [6, 6.07) is 5.87. The van der Waals surface area contributed by atoms with E-state index in [0.717, 1.165) is 29.1 Å². The van der Waals surface area contributed by atoms with Gasteiger partial charge in [0.15, 0.2) is 0 Å². The zero-order valence-corrected chi connectivity index (χ0v) is 24.8. The quantitative estimate of drug-likeness (QED) is 0.141. The number of aromatic nitrogens is 4. The number of carboxylic acids is 1. The van der Waals surface area contributed by atoms with E-state index in [0.29, 0.717) is 50.5 Å². The van der Waals surface area contributed by atoms with Crippen LogP contribution in [-0.4, -0.2) is 55.7 Å². The number of tetrazole rings is 1. The lowest BCUT2D eigenvalue weighted by Crippen LogP contribution is -2.34. The number of benzene rings is 2. The molecule has 0 aliphatic heterocycles. The number of nitro benzene ring substituents is 1. The Morgan fingerprint density at radius 3 is 2.30 bits per heavy atom. The molecule has 1 aliphatic carbocycles. The molecule has 1 saturated carbocycles. The number of rotatable bonds is 12. The number of anilines is 2. The molecule has 18 heteroatoms. The van der Waals surface area contributed by atoms with Crippen LogP contribution >= 0.6 is 0 Å². The van der Waals surface area contributed by atoms with Gasteiger partial charge in [-0.05, 0) is 79.1 Å². The van der Waals surface area contributed by atoms with Crippen LogP contribution in [-0.2, 0) is 31.1 Å². The molecule has 46 heavy (non-hydrogen) atoms. The van der Waals surface area contributed by atoms with Crippen LogP contribution in [0.4, 0.5) is 43.7 Å². The molecule has 0 atom stereocenters. The van der Waals surface area contributed by atoms with Crippen LogP contribution in [0, 0.1) is 22.0 Å². The number of non-ortho nitro benzene ring substituents is 1. The molecule has 1 N–H and O–H groups in total. The number of halogens is 6. The molecule has 0 unspecified atom stereocenters. The predicted octanol–water partition coefficient (Wildman–Crippen LogP) is 5.96. The molecule has 1 heterocycles. The van der Waals surface area contributed by atoms with Crippen molar-refractivity contribution < 1.29 is 45.9 Å². The molecule has 1 aromatic heterocycles. The Balaban J connectivity index is 1.73. The van der Waals surface area contributed by atoms with Crippen molar-refractivity contribution in [2.24, 2.45) is 18.9 Å². The van der Waals surface area contributed by atoms with Gasteiger partial charge in [-0.15, -0.1) is 18.3 Å². The van der Waals surface area contributed by atoms with Crippen molar-refractivity contribution in [3.05, 3.63) is 63.2 Å². The minimum Gasteiger partial charge on any atom is -0.481 e. The van der Waals surface area contributed by atoms with Gasteiger partial charge in [0.2, 0.25) is 0 Å². The van der Waals surface area contributed by atoms with E-state index < -0.39 is 52.9 Å². The molecule has 0 amide bonds. The molecule has 12 nitrogen and oxygen atoms in total. The highest BCUT2D eigenvalue weighted by Crippen LogP contribution is 2.36. The summed E-state index contributed by atoms with van der Waals surface area (Å²) in [5.41, 5.74) is -1.40. The Bertz CT molecular complexity index is 1540. The fourth-order valence-electron chi connectivity index (χ4n) is 5.55. The number of hydrogen-bond donors (Lipinski definition) is 1. The first-order valence-electron chi connectivity index (χ1n) is 14.2. The average Bonchev–Trinajstić information content (AvgIpc) is 3.41. The standard InChI is InChI=1S/C28H31F6N7O5/c1-3-39(14-17-4-6-19(7-5-17)25(42)43)24-9-8-23(46-28(32,33)34)12-20(24)16-40(26-35-37-38(2)36-26)15-18-10-21(27(29,30)31)13-22(11-18)41(44)45/h8-13,17,19H,3-7,14-16H2,1-2H3,(H,42,43)/t17-,19-. The Hall–Kier alpha value is -4.64. The Labute approximate surface area is 258 Å². The number of carboxylic acid groups (broad SMARTS) is 1. The molecule has 0 saturated heterocycles. The fraction of sp³-hybridized carbons (Fsp3) is 0.500. The smallest absolute Gasteiger partial charge is 0.481 e. The number of carbonyl (C=O) groups is 1. The number of nitro groups is 1. The van der Waals surface area contributed by atoms with E-state index in [2.05, 4.69) is 20.1 Å². The number of aryl methyl sites for hydroxylation is 1. The van der Waals surface area contributed by atoms with Crippen molar-refractivity contribution in [3.63, 3.8) is 0 Å². The summed E-state index contributed by atoms with van der Waals surface area (Å²) in [4.78, 5) is 26.2. The molecule has 3 aromatic rings. The van der Waals surface area contributed by atoms with Gasteiger partial charge in [-0.1, -0.05) is 5.10 Å². The number of nitrogens with zero attached hydrogens (tertiary/aromatic N) is 7. The lowest BCUT2D eigenvalue weighted by molar-refractivity contribution is -0.385. The minimum absolute atomic E-state index is 0.0919. The summed E-state index contributed by atoms with van der Waals surface area (Å²) in [6.07, 6.45) is -7.62.